The summed E-state index contributed by atoms with van der Waals surface area (Å²) < 4.78 is 25.9. The molecule has 1 aromatic rings. The van der Waals surface area contributed by atoms with Gasteiger partial charge in [0.15, 0.2) is 0 Å². The van der Waals surface area contributed by atoms with Gasteiger partial charge in [0.25, 0.3) is 0 Å². The summed E-state index contributed by atoms with van der Waals surface area (Å²) in [5.41, 5.74) is -1.14. The van der Waals surface area contributed by atoms with Crippen LogP contribution in [0.2, 0.25) is 5.02 Å². The molecule has 0 saturated carbocycles. The van der Waals surface area contributed by atoms with Gasteiger partial charge in [0.05, 0.1) is 23.3 Å². The lowest BCUT2D eigenvalue weighted by atomic mass is 10.1. The van der Waals surface area contributed by atoms with Gasteiger partial charge in [-0.05, 0) is 24.6 Å². The average molecular weight is 317 g/mol. The minimum atomic E-state index is -3.85. The quantitative estimate of drug-likeness (QED) is 0.836. The lowest BCUT2D eigenvalue weighted by molar-refractivity contribution is -0.000733. The Morgan fingerprint density at radius 2 is 2.20 bits per heavy atom. The zero-order valence-corrected chi connectivity index (χ0v) is 12.0. The first-order chi connectivity index (χ1) is 9.32. The number of benzene rings is 1. The third kappa shape index (κ3) is 2.66. The van der Waals surface area contributed by atoms with Crippen LogP contribution in [0.3, 0.4) is 0 Å². The van der Waals surface area contributed by atoms with Crippen molar-refractivity contribution in [3.05, 3.63) is 28.8 Å². The van der Waals surface area contributed by atoms with E-state index in [0.29, 0.717) is 0 Å². The molecule has 0 radical (unpaired) electrons. The number of sulfonamides is 1. The van der Waals surface area contributed by atoms with Crippen LogP contribution in [-0.4, -0.2) is 48.2 Å². The van der Waals surface area contributed by atoms with Gasteiger partial charge in [-0.15, -0.1) is 0 Å². The Bertz CT molecular complexity index is 671. The fourth-order valence-electron chi connectivity index (χ4n) is 2.07. The van der Waals surface area contributed by atoms with Crippen molar-refractivity contribution in [1.82, 2.24) is 4.31 Å². The third-order valence-electron chi connectivity index (χ3n) is 3.27. The fourth-order valence-corrected chi connectivity index (χ4v) is 4.11. The first-order valence-electron chi connectivity index (χ1n) is 5.85. The maximum Gasteiger partial charge on any atom is 0.244 e. The molecule has 2 rings (SSSR count). The van der Waals surface area contributed by atoms with Crippen molar-refractivity contribution in [2.24, 2.45) is 0 Å². The molecule has 1 heterocycles. The van der Waals surface area contributed by atoms with E-state index in [1.54, 1.807) is 0 Å². The SMILES string of the molecule is N#Cc1ccc(S(=O)(=O)N2CC[C@](O)(CO)C2)c(Cl)c1. The maximum absolute atomic E-state index is 12.4. The van der Waals surface area contributed by atoms with E-state index in [0.717, 1.165) is 4.31 Å². The molecule has 0 spiro atoms. The number of nitriles is 1. The Morgan fingerprint density at radius 1 is 1.50 bits per heavy atom. The number of aliphatic hydroxyl groups excluding tert-OH is 1. The maximum atomic E-state index is 12.4. The number of halogens is 1. The number of nitrogens with zero attached hydrogens (tertiary/aromatic N) is 2. The Balaban J connectivity index is 2.35. The van der Waals surface area contributed by atoms with E-state index in [2.05, 4.69) is 0 Å². The molecule has 0 bridgehead atoms. The summed E-state index contributed by atoms with van der Waals surface area (Å²) in [4.78, 5) is -0.111. The average Bonchev–Trinajstić information content (AvgIpc) is 2.82. The van der Waals surface area contributed by atoms with Gasteiger partial charge < -0.3 is 10.2 Å². The first-order valence-corrected chi connectivity index (χ1v) is 7.67. The van der Waals surface area contributed by atoms with Crippen molar-refractivity contribution in [3.63, 3.8) is 0 Å². The molecule has 108 valence electrons. The smallest absolute Gasteiger partial charge is 0.244 e. The Kier molecular flexibility index (Phi) is 4.04. The van der Waals surface area contributed by atoms with Gasteiger partial charge in [0.2, 0.25) is 10.0 Å². The minimum absolute atomic E-state index is 0.0384. The number of hydrogen-bond acceptors (Lipinski definition) is 5. The predicted molar refractivity (Wildman–Crippen MR) is 71.6 cm³/mol. The van der Waals surface area contributed by atoms with Crippen LogP contribution in [0, 0.1) is 11.3 Å². The monoisotopic (exact) mass is 316 g/mol. The van der Waals surface area contributed by atoms with Gasteiger partial charge in [-0.25, -0.2) is 8.42 Å². The van der Waals surface area contributed by atoms with E-state index in [4.69, 9.17) is 22.0 Å². The van der Waals surface area contributed by atoms with E-state index < -0.39 is 22.2 Å². The second kappa shape index (κ2) is 5.31. The van der Waals surface area contributed by atoms with Crippen LogP contribution in [0.1, 0.15) is 12.0 Å². The van der Waals surface area contributed by atoms with Gasteiger partial charge in [-0.2, -0.15) is 9.57 Å². The van der Waals surface area contributed by atoms with Crippen LogP contribution in [0.4, 0.5) is 0 Å². The van der Waals surface area contributed by atoms with Crippen molar-refractivity contribution < 1.29 is 18.6 Å². The number of β-amino-alcohol motifs (C(OH)–C–C–N with tert-alkyl or cyclic N) is 1. The molecule has 1 atom stereocenters. The van der Waals surface area contributed by atoms with Gasteiger partial charge in [0, 0.05) is 13.1 Å². The second-order valence-corrected chi connectivity index (χ2v) is 7.04. The minimum Gasteiger partial charge on any atom is -0.393 e. The highest BCUT2D eigenvalue weighted by Crippen LogP contribution is 2.30. The Morgan fingerprint density at radius 3 is 2.70 bits per heavy atom. The highest BCUT2D eigenvalue weighted by atomic mass is 35.5. The highest BCUT2D eigenvalue weighted by Gasteiger charge is 2.41. The summed E-state index contributed by atoms with van der Waals surface area (Å²) in [5.74, 6) is 0. The van der Waals surface area contributed by atoms with E-state index >= 15 is 0 Å². The Labute approximate surface area is 121 Å². The van der Waals surface area contributed by atoms with E-state index in [-0.39, 0.29) is 35.0 Å². The summed E-state index contributed by atoms with van der Waals surface area (Å²) in [5, 5.41) is 27.7. The fraction of sp³-hybridized carbons (Fsp3) is 0.417. The summed E-state index contributed by atoms with van der Waals surface area (Å²) in [6.45, 7) is -0.571. The molecule has 0 aliphatic carbocycles. The normalized spacial score (nSPS) is 23.7. The number of hydrogen-bond donors (Lipinski definition) is 2. The van der Waals surface area contributed by atoms with Crippen molar-refractivity contribution in [1.29, 1.82) is 5.26 Å². The van der Waals surface area contributed by atoms with Crippen molar-refractivity contribution >= 4 is 21.6 Å². The van der Waals surface area contributed by atoms with Crippen molar-refractivity contribution in [2.45, 2.75) is 16.9 Å². The largest absolute Gasteiger partial charge is 0.393 e. The van der Waals surface area contributed by atoms with E-state index in [1.807, 2.05) is 6.07 Å². The van der Waals surface area contributed by atoms with E-state index in [9.17, 15) is 13.5 Å². The molecule has 1 aliphatic rings. The molecule has 1 aromatic carbocycles. The zero-order valence-electron chi connectivity index (χ0n) is 10.5. The summed E-state index contributed by atoms with van der Waals surface area (Å²) >= 11 is 5.91. The molecule has 0 aromatic heterocycles. The summed E-state index contributed by atoms with van der Waals surface area (Å²) in [7, 11) is -3.85. The predicted octanol–water partition coefficient (Wildman–Crippen LogP) is 0.329. The molecule has 6 nitrogen and oxygen atoms in total. The molecule has 0 unspecified atom stereocenters. The first kappa shape index (κ1) is 15.2. The standard InChI is InChI=1S/C12H13ClN2O4S/c13-10-5-9(6-14)1-2-11(10)20(18,19)15-4-3-12(17,7-15)8-16/h1-2,5,16-17H,3-4,7-8H2/t12-/m1/s1. The molecule has 1 saturated heterocycles. The van der Waals surface area contributed by atoms with Crippen molar-refractivity contribution in [3.8, 4) is 6.07 Å². The van der Waals surface area contributed by atoms with Crippen LogP contribution in [0.15, 0.2) is 23.1 Å². The number of rotatable bonds is 3. The summed E-state index contributed by atoms with van der Waals surface area (Å²) in [6.07, 6.45) is 0.163. The Hall–Kier alpha value is -1.17. The highest BCUT2D eigenvalue weighted by molar-refractivity contribution is 7.89. The van der Waals surface area contributed by atoms with Gasteiger partial charge >= 0.3 is 0 Å². The second-order valence-electron chi connectivity index (χ2n) is 4.73. The van der Waals surface area contributed by atoms with Crippen LogP contribution >= 0.6 is 11.6 Å². The summed E-state index contributed by atoms with van der Waals surface area (Å²) in [6, 6.07) is 5.79. The lowest BCUT2D eigenvalue weighted by Gasteiger charge is -2.21. The van der Waals surface area contributed by atoms with Crippen LogP contribution in [-0.2, 0) is 10.0 Å². The molecule has 1 aliphatic heterocycles. The zero-order chi connectivity index (χ0) is 15.0. The van der Waals surface area contributed by atoms with E-state index in [1.165, 1.54) is 18.2 Å². The molecule has 2 N–H and O–H groups in total. The third-order valence-corrected chi connectivity index (χ3v) is 5.60. The molecule has 0 amide bonds. The van der Waals surface area contributed by atoms with Crippen LogP contribution in [0.5, 0.6) is 0 Å². The van der Waals surface area contributed by atoms with Crippen LogP contribution < -0.4 is 0 Å². The van der Waals surface area contributed by atoms with Gasteiger partial charge in [0.1, 0.15) is 10.5 Å². The van der Waals surface area contributed by atoms with Crippen LogP contribution in [0.25, 0.3) is 0 Å². The molecule has 8 heteroatoms. The molecular formula is C12H13ClN2O4S. The molecular weight excluding hydrogens is 304 g/mol. The molecule has 1 fully saturated rings. The number of aliphatic hydroxyl groups is 2. The van der Waals surface area contributed by atoms with Gasteiger partial charge in [-0.1, -0.05) is 11.6 Å². The molecule has 20 heavy (non-hydrogen) atoms. The van der Waals surface area contributed by atoms with Gasteiger partial charge in [-0.3, -0.25) is 0 Å². The lowest BCUT2D eigenvalue weighted by Crippen LogP contribution is -2.38. The van der Waals surface area contributed by atoms with Crippen molar-refractivity contribution in [2.75, 3.05) is 19.7 Å². The topological polar surface area (TPSA) is 102 Å².